The van der Waals surface area contributed by atoms with Crippen molar-refractivity contribution in [2.45, 2.75) is 20.2 Å². The van der Waals surface area contributed by atoms with Gasteiger partial charge in [0.1, 0.15) is 10.7 Å². The lowest BCUT2D eigenvalue weighted by Gasteiger charge is -2.04. The first-order chi connectivity index (χ1) is 15.0. The number of aromatic nitrogens is 5. The largest absolute Gasteiger partial charge is 0.439 e. The molecule has 4 rings (SSSR count). The Balaban J connectivity index is 1.44. The molecule has 0 N–H and O–H groups in total. The average molecular weight is 436 g/mol. The second kappa shape index (κ2) is 8.93. The highest BCUT2D eigenvalue weighted by Gasteiger charge is 2.12. The van der Waals surface area contributed by atoms with E-state index in [4.69, 9.17) is 16.3 Å². The number of rotatable bonds is 6. The highest BCUT2D eigenvalue weighted by molar-refractivity contribution is 6.31. The second-order valence-corrected chi connectivity index (χ2v) is 7.13. The number of ether oxygens (including phenoxy) is 1. The topological polar surface area (TPSA) is 91.9 Å². The molecule has 2 aromatic heterocycles. The predicted molar refractivity (Wildman–Crippen MR) is 116 cm³/mol. The number of halogens is 1. The van der Waals surface area contributed by atoms with Crippen molar-refractivity contribution in [2.24, 2.45) is 0 Å². The van der Waals surface area contributed by atoms with E-state index >= 15 is 0 Å². The van der Waals surface area contributed by atoms with E-state index < -0.39 is 5.97 Å². The zero-order valence-electron chi connectivity index (χ0n) is 16.6. The number of carbonyl (C=O) groups is 1. The molecule has 0 bridgehead atoms. The Morgan fingerprint density at radius 3 is 2.65 bits per heavy atom. The maximum atomic E-state index is 12.4. The Morgan fingerprint density at radius 1 is 1.10 bits per heavy atom. The lowest BCUT2D eigenvalue weighted by atomic mass is 10.2. The summed E-state index contributed by atoms with van der Waals surface area (Å²) in [5.74, 6) is -0.645. The van der Waals surface area contributed by atoms with Crippen LogP contribution in [-0.4, -0.2) is 30.7 Å². The zero-order valence-corrected chi connectivity index (χ0v) is 17.4. The normalized spacial score (nSPS) is 11.3. The fraction of sp³-hybridized carbons (Fsp3) is 0.136. The molecule has 9 heteroatoms. The highest BCUT2D eigenvalue weighted by atomic mass is 35.5. The van der Waals surface area contributed by atoms with Crippen molar-refractivity contribution in [3.05, 3.63) is 93.0 Å². The smallest absolute Gasteiger partial charge is 0.332 e. The Hall–Kier alpha value is -3.78. The summed E-state index contributed by atoms with van der Waals surface area (Å²) in [4.78, 5) is 24.5. The molecular formula is C22H18ClN5O3. The van der Waals surface area contributed by atoms with Gasteiger partial charge in [0.25, 0.3) is 5.56 Å². The average Bonchev–Trinajstić information content (AvgIpc) is 3.05. The summed E-state index contributed by atoms with van der Waals surface area (Å²) in [6.07, 6.45) is 2.78. The number of nitrogens with zero attached hydrogens (tertiary/aromatic N) is 5. The second-order valence-electron chi connectivity index (χ2n) is 6.77. The van der Waals surface area contributed by atoms with Crippen molar-refractivity contribution in [3.8, 4) is 0 Å². The molecule has 0 fully saturated rings. The number of carbonyl (C=O) groups excluding carboxylic acids is 1. The Kier molecular flexibility index (Phi) is 5.90. The summed E-state index contributed by atoms with van der Waals surface area (Å²) < 4.78 is 7.78. The highest BCUT2D eigenvalue weighted by Crippen LogP contribution is 2.22. The van der Waals surface area contributed by atoms with Crippen LogP contribution in [0.3, 0.4) is 0 Å². The van der Waals surface area contributed by atoms with Crippen LogP contribution in [0.5, 0.6) is 0 Å². The molecular weight excluding hydrogens is 418 g/mol. The molecule has 8 nitrogen and oxygen atoms in total. The van der Waals surface area contributed by atoms with Crippen LogP contribution >= 0.6 is 11.6 Å². The third kappa shape index (κ3) is 4.54. The van der Waals surface area contributed by atoms with Gasteiger partial charge in [-0.05, 0) is 30.7 Å². The van der Waals surface area contributed by atoms with Gasteiger partial charge >= 0.3 is 5.97 Å². The van der Waals surface area contributed by atoms with Crippen LogP contribution in [0.2, 0.25) is 5.15 Å². The summed E-state index contributed by atoms with van der Waals surface area (Å²) in [5, 5.41) is 13.0. The van der Waals surface area contributed by atoms with Crippen LogP contribution in [0.1, 0.15) is 16.8 Å². The molecule has 4 aromatic rings. The summed E-state index contributed by atoms with van der Waals surface area (Å²) in [5.41, 5.74) is 2.46. The molecule has 0 aliphatic heterocycles. The van der Waals surface area contributed by atoms with Crippen molar-refractivity contribution in [3.63, 3.8) is 0 Å². The van der Waals surface area contributed by atoms with Gasteiger partial charge < -0.3 is 4.74 Å². The first-order valence-corrected chi connectivity index (χ1v) is 9.85. The van der Waals surface area contributed by atoms with Crippen LogP contribution in [-0.2, 0) is 22.8 Å². The molecule has 0 spiro atoms. The SMILES string of the molecule is Cc1nn(Cc2ccccc2)c(Cl)c1C=CC(=O)OCn1nnc2ccccc2c1=O. The van der Waals surface area contributed by atoms with Crippen LogP contribution in [0.4, 0.5) is 0 Å². The molecule has 2 aromatic carbocycles. The predicted octanol–water partition coefficient (Wildman–Crippen LogP) is 3.21. The van der Waals surface area contributed by atoms with Crippen molar-refractivity contribution < 1.29 is 9.53 Å². The number of hydrogen-bond donors (Lipinski definition) is 0. The van der Waals surface area contributed by atoms with E-state index in [2.05, 4.69) is 15.4 Å². The molecule has 0 saturated carbocycles. The first kappa shape index (κ1) is 20.5. The Bertz CT molecular complexity index is 1330. The fourth-order valence-electron chi connectivity index (χ4n) is 3.05. The third-order valence-corrected chi connectivity index (χ3v) is 5.03. The minimum absolute atomic E-state index is 0.347. The number of aryl methyl sites for hydroxylation is 1. The summed E-state index contributed by atoms with van der Waals surface area (Å²) in [6, 6.07) is 16.6. The molecule has 31 heavy (non-hydrogen) atoms. The lowest BCUT2D eigenvalue weighted by Crippen LogP contribution is -2.26. The van der Waals surface area contributed by atoms with Gasteiger partial charge in [0.15, 0.2) is 6.73 Å². The maximum Gasteiger partial charge on any atom is 0.332 e. The molecule has 0 saturated heterocycles. The van der Waals surface area contributed by atoms with Crippen LogP contribution in [0.15, 0.2) is 65.5 Å². The van der Waals surface area contributed by atoms with E-state index in [1.807, 2.05) is 37.3 Å². The monoisotopic (exact) mass is 435 g/mol. The summed E-state index contributed by atoms with van der Waals surface area (Å²) in [6.45, 7) is 1.98. The molecule has 0 amide bonds. The summed E-state index contributed by atoms with van der Waals surface area (Å²) >= 11 is 6.45. The van der Waals surface area contributed by atoms with E-state index in [9.17, 15) is 9.59 Å². The minimum Gasteiger partial charge on any atom is -0.439 e. The molecule has 0 unspecified atom stereocenters. The maximum absolute atomic E-state index is 12.4. The molecule has 0 radical (unpaired) electrons. The van der Waals surface area contributed by atoms with Crippen molar-refractivity contribution in [2.75, 3.05) is 0 Å². The number of hydrogen-bond acceptors (Lipinski definition) is 6. The van der Waals surface area contributed by atoms with E-state index in [0.717, 1.165) is 10.2 Å². The van der Waals surface area contributed by atoms with E-state index in [0.29, 0.717) is 33.9 Å². The van der Waals surface area contributed by atoms with Crippen molar-refractivity contribution in [1.82, 2.24) is 24.8 Å². The van der Waals surface area contributed by atoms with Gasteiger partial charge in [0.2, 0.25) is 0 Å². The van der Waals surface area contributed by atoms with Gasteiger partial charge in [0, 0.05) is 11.6 Å². The number of esters is 1. The van der Waals surface area contributed by atoms with Crippen LogP contribution in [0, 0.1) is 6.92 Å². The van der Waals surface area contributed by atoms with Crippen LogP contribution in [0.25, 0.3) is 17.0 Å². The lowest BCUT2D eigenvalue weighted by molar-refractivity contribution is -0.141. The van der Waals surface area contributed by atoms with Gasteiger partial charge in [-0.3, -0.25) is 4.79 Å². The number of benzene rings is 2. The number of fused-ring (bicyclic) bond motifs is 1. The quantitative estimate of drug-likeness (QED) is 0.341. The third-order valence-electron chi connectivity index (χ3n) is 4.63. The molecule has 156 valence electrons. The van der Waals surface area contributed by atoms with E-state index in [1.54, 1.807) is 35.0 Å². The van der Waals surface area contributed by atoms with Gasteiger partial charge in [-0.1, -0.05) is 59.3 Å². The van der Waals surface area contributed by atoms with E-state index in [1.165, 1.54) is 6.08 Å². The zero-order chi connectivity index (χ0) is 21.8. The Morgan fingerprint density at radius 2 is 1.84 bits per heavy atom. The van der Waals surface area contributed by atoms with Gasteiger partial charge in [-0.2, -0.15) is 9.78 Å². The van der Waals surface area contributed by atoms with Gasteiger partial charge in [-0.15, -0.1) is 5.10 Å². The first-order valence-electron chi connectivity index (χ1n) is 9.47. The Labute approximate surface area is 182 Å². The molecule has 0 aliphatic rings. The minimum atomic E-state index is -0.645. The van der Waals surface area contributed by atoms with Gasteiger partial charge in [-0.25, -0.2) is 9.48 Å². The van der Waals surface area contributed by atoms with Crippen molar-refractivity contribution in [1.29, 1.82) is 0 Å². The standard InChI is InChI=1S/C22H18ClN5O3/c1-15-17(21(23)27(25-15)13-16-7-3-2-4-8-16)11-12-20(29)31-14-28-22(30)18-9-5-6-10-19(18)24-26-28/h2-12H,13-14H2,1H3. The fourth-order valence-corrected chi connectivity index (χ4v) is 3.35. The van der Waals surface area contributed by atoms with Crippen molar-refractivity contribution >= 4 is 34.5 Å². The van der Waals surface area contributed by atoms with Crippen LogP contribution < -0.4 is 5.56 Å². The molecule has 2 heterocycles. The summed E-state index contributed by atoms with van der Waals surface area (Å²) in [7, 11) is 0. The molecule has 0 aliphatic carbocycles. The van der Waals surface area contributed by atoms with Gasteiger partial charge in [0.05, 0.1) is 17.6 Å². The molecule has 0 atom stereocenters. The van der Waals surface area contributed by atoms with E-state index in [-0.39, 0.29) is 12.3 Å².